The molecule has 0 aromatic carbocycles. The van der Waals surface area contributed by atoms with Crippen molar-refractivity contribution >= 4 is 65.1 Å². The summed E-state index contributed by atoms with van der Waals surface area (Å²) in [5.74, 6) is -11.2. The van der Waals surface area contributed by atoms with Gasteiger partial charge < -0.3 is 74.0 Å². The van der Waals surface area contributed by atoms with Crippen molar-refractivity contribution in [3.05, 3.63) is 0 Å². The van der Waals surface area contributed by atoms with E-state index < -0.39 is 146 Å². The quantitative estimate of drug-likeness (QED) is 0.0311. The summed E-state index contributed by atoms with van der Waals surface area (Å²) in [6.45, 7) is 7.95. The maximum atomic E-state index is 13.8. The molecule has 0 heterocycles. The number of hydrogen-bond acceptors (Lipinski definition) is 14. The zero-order valence-electron chi connectivity index (χ0n) is 37.0. The first-order chi connectivity index (χ1) is 29.8. The van der Waals surface area contributed by atoms with E-state index in [0.717, 1.165) is 11.9 Å². The first-order valence-electron chi connectivity index (χ1n) is 20.3. The highest BCUT2D eigenvalue weighted by Gasteiger charge is 2.37. The van der Waals surface area contributed by atoms with E-state index in [0.29, 0.717) is 0 Å². The van der Waals surface area contributed by atoms with Gasteiger partial charge in [0.25, 0.3) is 5.91 Å². The summed E-state index contributed by atoms with van der Waals surface area (Å²) < 4.78 is 0. The van der Waals surface area contributed by atoms with Crippen LogP contribution in [-0.4, -0.2) is 165 Å². The number of carboxylic acid groups (broad SMARTS) is 2. The van der Waals surface area contributed by atoms with Gasteiger partial charge >= 0.3 is 11.9 Å². The van der Waals surface area contributed by atoms with Crippen LogP contribution in [0.1, 0.15) is 80.1 Å². The monoisotopic (exact) mass is 912 g/mol. The minimum Gasteiger partial charge on any atom is -0.481 e. The van der Waals surface area contributed by atoms with E-state index >= 15 is 0 Å². The molecule has 360 valence electrons. The summed E-state index contributed by atoms with van der Waals surface area (Å²) >= 11 is 0. The fourth-order valence-electron chi connectivity index (χ4n) is 5.75. The Hall–Kier alpha value is -6.39. The lowest BCUT2D eigenvalue weighted by Crippen LogP contribution is -2.61. The molecule has 0 aliphatic carbocycles. The Kier molecular flexibility index (Phi) is 25.5. The fourth-order valence-corrected chi connectivity index (χ4v) is 5.75. The molecule has 0 spiro atoms. The van der Waals surface area contributed by atoms with Crippen LogP contribution in [0.5, 0.6) is 0 Å². The van der Waals surface area contributed by atoms with E-state index in [1.165, 1.54) is 6.92 Å². The van der Waals surface area contributed by atoms with E-state index in [1.807, 2.05) is 11.2 Å². The zero-order valence-corrected chi connectivity index (χ0v) is 37.0. The molecule has 0 aliphatic rings. The molecular formula is C39H64N10O15. The lowest BCUT2D eigenvalue weighted by Gasteiger charge is -2.33. The van der Waals surface area contributed by atoms with Crippen molar-refractivity contribution in [2.45, 2.75) is 134 Å². The van der Waals surface area contributed by atoms with Crippen molar-refractivity contribution in [1.82, 2.24) is 42.1 Å². The largest absolute Gasteiger partial charge is 0.481 e. The Labute approximate surface area is 370 Å². The van der Waals surface area contributed by atoms with Crippen LogP contribution >= 0.6 is 0 Å². The van der Waals surface area contributed by atoms with Gasteiger partial charge in [-0.1, -0.05) is 47.5 Å². The Morgan fingerprint density at radius 2 is 0.953 bits per heavy atom. The number of primary amides is 1. The number of nitrogens with two attached hydrogens (primary N) is 2. The van der Waals surface area contributed by atoms with Gasteiger partial charge in [0, 0.05) is 7.05 Å². The minimum absolute atomic E-state index is 0.00554. The smallest absolute Gasteiger partial charge is 0.305 e. The molecule has 0 saturated heterocycles. The van der Waals surface area contributed by atoms with E-state index in [-0.39, 0.29) is 37.5 Å². The van der Waals surface area contributed by atoms with Crippen LogP contribution < -0.4 is 48.7 Å². The van der Waals surface area contributed by atoms with Crippen molar-refractivity contribution in [3.63, 3.8) is 0 Å². The Bertz CT molecular complexity index is 1740. The number of carboxylic acids is 2. The molecule has 9 atom stereocenters. The molecule has 0 rings (SSSR count). The summed E-state index contributed by atoms with van der Waals surface area (Å²) in [6, 6.07) is -13.9. The highest BCUT2D eigenvalue weighted by atomic mass is 16.4. The van der Waals surface area contributed by atoms with Crippen LogP contribution in [0.15, 0.2) is 0 Å². The molecule has 0 aromatic rings. The number of hydrogen-bond donors (Lipinski definition) is 13. The molecular weight excluding hydrogens is 848 g/mol. The predicted octanol–water partition coefficient (Wildman–Crippen LogP) is -5.50. The van der Waals surface area contributed by atoms with Crippen LogP contribution in [0.3, 0.4) is 0 Å². The van der Waals surface area contributed by atoms with Gasteiger partial charge in [0.15, 0.2) is 6.04 Å². The third kappa shape index (κ3) is 19.8. The van der Waals surface area contributed by atoms with Gasteiger partial charge in [0.1, 0.15) is 42.3 Å². The number of aliphatic hydroxyl groups is 2. The first kappa shape index (κ1) is 57.6. The van der Waals surface area contributed by atoms with Crippen LogP contribution in [-0.2, 0) is 52.7 Å². The second kappa shape index (κ2) is 28.3. The number of terminal acetylenes is 1. The number of carbonyl (C=O) groups excluding carboxylic acids is 9. The lowest BCUT2D eigenvalue weighted by atomic mass is 10.00. The maximum Gasteiger partial charge on any atom is 0.305 e. The Morgan fingerprint density at radius 3 is 1.38 bits per heavy atom. The van der Waals surface area contributed by atoms with Gasteiger partial charge in [0.2, 0.25) is 47.3 Å². The van der Waals surface area contributed by atoms with Crippen LogP contribution in [0, 0.1) is 24.2 Å². The normalized spacial score (nSPS) is 15.2. The molecule has 0 radical (unpaired) electrons. The van der Waals surface area contributed by atoms with Crippen LogP contribution in [0.4, 0.5) is 0 Å². The van der Waals surface area contributed by atoms with Gasteiger partial charge in [-0.05, 0) is 37.5 Å². The molecule has 0 fully saturated rings. The summed E-state index contributed by atoms with van der Waals surface area (Å²) in [4.78, 5) is 142. The average Bonchev–Trinajstić information content (AvgIpc) is 3.21. The van der Waals surface area contributed by atoms with Gasteiger partial charge in [-0.15, -0.1) is 6.42 Å². The zero-order chi connectivity index (χ0) is 49.6. The standard InChI is InChI=1S/C39H64N10O15/c1-9-20(40)32(57)47-26(16-50)37(62)44-23(12-18(4)5)34(59)48-27(17-51)39(64)49(8)28(13-19(6)7)38(63)46-25(15-30(54)55)36(61)43-22(11-3)33(58)45-24(14-29(52)53)35(60)42-21(10-2)31(41)56/h2,18-28,50-51H,9,11-17,40H2,1,3-8H3,(H2,41,56)(H,42,60)(H,43,61)(H,44,62)(H,45,58)(H,46,63)(H,47,57)(H,48,59)(H,52,53)(H,54,55)/t20-,21-,22-,23-,24-,25-,26-,27-,28-/m0/s1. The summed E-state index contributed by atoms with van der Waals surface area (Å²) in [5, 5.41) is 54.6. The molecule has 9 amide bonds. The third-order valence-corrected chi connectivity index (χ3v) is 9.34. The Morgan fingerprint density at radius 1 is 0.562 bits per heavy atom. The van der Waals surface area contributed by atoms with Crippen LogP contribution in [0.2, 0.25) is 0 Å². The predicted molar refractivity (Wildman–Crippen MR) is 224 cm³/mol. The number of nitrogens with zero attached hydrogens (tertiary/aromatic N) is 1. The molecule has 64 heavy (non-hydrogen) atoms. The summed E-state index contributed by atoms with van der Waals surface area (Å²) in [6.07, 6.45) is 3.02. The number of nitrogens with one attached hydrogen (secondary N) is 7. The van der Waals surface area contributed by atoms with Crippen molar-refractivity contribution < 1.29 is 73.2 Å². The van der Waals surface area contributed by atoms with E-state index in [2.05, 4.69) is 31.9 Å². The van der Waals surface area contributed by atoms with E-state index in [9.17, 15) is 73.2 Å². The van der Waals surface area contributed by atoms with Gasteiger partial charge in [-0.25, -0.2) is 0 Å². The number of amides is 9. The second-order valence-corrected chi connectivity index (χ2v) is 15.6. The Balaban J connectivity index is 6.38. The average molecular weight is 913 g/mol. The topological polar surface area (TPSA) is 408 Å². The van der Waals surface area contributed by atoms with Crippen molar-refractivity contribution in [3.8, 4) is 12.3 Å². The lowest BCUT2D eigenvalue weighted by molar-refractivity contribution is -0.145. The molecule has 25 nitrogen and oxygen atoms in total. The highest BCUT2D eigenvalue weighted by Crippen LogP contribution is 2.14. The van der Waals surface area contributed by atoms with Crippen LogP contribution in [0.25, 0.3) is 0 Å². The SMILES string of the molecule is C#C[C@H](NC(=O)[C@H](CC(=O)O)NC(=O)[C@H](CC)NC(=O)[C@H](CC(=O)O)NC(=O)[C@H](CC(C)C)N(C)C(=O)[C@H](CO)NC(=O)[C@H](CC(C)C)NC(=O)[C@H](CO)NC(=O)[C@@H](N)CC)C(N)=O. The first-order valence-corrected chi connectivity index (χ1v) is 20.3. The third-order valence-electron chi connectivity index (χ3n) is 9.34. The number of likely N-dealkylation sites (N-methyl/N-ethyl adjacent to an activating group) is 1. The minimum atomic E-state index is -1.89. The van der Waals surface area contributed by atoms with Gasteiger partial charge in [0.05, 0.1) is 32.1 Å². The molecule has 0 saturated carbocycles. The number of aliphatic carboxylic acids is 2. The number of carbonyl (C=O) groups is 11. The second-order valence-electron chi connectivity index (χ2n) is 15.6. The summed E-state index contributed by atoms with van der Waals surface area (Å²) in [5.41, 5.74) is 10.8. The molecule has 0 aliphatic heterocycles. The van der Waals surface area contributed by atoms with Gasteiger partial charge in [-0.2, -0.15) is 0 Å². The highest BCUT2D eigenvalue weighted by molar-refractivity contribution is 5.99. The molecule has 0 unspecified atom stereocenters. The van der Waals surface area contributed by atoms with Crippen molar-refractivity contribution in [1.29, 1.82) is 0 Å². The van der Waals surface area contributed by atoms with E-state index in [4.69, 9.17) is 17.9 Å². The molecule has 25 heteroatoms. The maximum absolute atomic E-state index is 13.8. The molecule has 0 aromatic heterocycles. The van der Waals surface area contributed by atoms with E-state index in [1.54, 1.807) is 34.6 Å². The number of rotatable bonds is 29. The summed E-state index contributed by atoms with van der Waals surface area (Å²) in [7, 11) is 1.15. The van der Waals surface area contributed by atoms with Gasteiger partial charge in [-0.3, -0.25) is 52.7 Å². The van der Waals surface area contributed by atoms with Crippen molar-refractivity contribution in [2.24, 2.45) is 23.3 Å². The fraction of sp³-hybridized carbons (Fsp3) is 0.667. The molecule has 15 N–H and O–H groups in total. The molecule has 0 bridgehead atoms. The number of aliphatic hydroxyl groups excluding tert-OH is 2. The van der Waals surface area contributed by atoms with Crippen molar-refractivity contribution in [2.75, 3.05) is 20.3 Å².